The Kier molecular flexibility index (Phi) is 6.52. The zero-order valence-corrected chi connectivity index (χ0v) is 13.7. The molecule has 0 atom stereocenters. The molecule has 0 aliphatic rings. The van der Waals surface area contributed by atoms with Crippen molar-refractivity contribution in [3.05, 3.63) is 26.6 Å². The maximum absolute atomic E-state index is 5.53. The van der Waals surface area contributed by atoms with Crippen LogP contribution in [0, 0.1) is 12.8 Å². The van der Waals surface area contributed by atoms with Crippen molar-refractivity contribution in [2.45, 2.75) is 20.8 Å². The largest absolute Gasteiger partial charge is 0.381 e. The molecular weight excluding hydrogens is 346 g/mol. The Bertz CT molecular complexity index is 343. The average molecular weight is 365 g/mol. The van der Waals surface area contributed by atoms with Gasteiger partial charge in [0, 0.05) is 22.1 Å². The van der Waals surface area contributed by atoms with Gasteiger partial charge >= 0.3 is 0 Å². The van der Waals surface area contributed by atoms with E-state index >= 15 is 0 Å². The van der Waals surface area contributed by atoms with Gasteiger partial charge in [0.05, 0.1) is 12.3 Å². The lowest BCUT2D eigenvalue weighted by Gasteiger charge is -2.12. The Morgan fingerprint density at radius 2 is 1.82 bits per heavy atom. The summed E-state index contributed by atoms with van der Waals surface area (Å²) >= 11 is 7.11. The van der Waals surface area contributed by atoms with Gasteiger partial charge in [-0.1, -0.05) is 13.8 Å². The average Bonchev–Trinajstić information content (AvgIpc) is 2.20. The van der Waals surface area contributed by atoms with E-state index in [2.05, 4.69) is 70.1 Å². The summed E-state index contributed by atoms with van der Waals surface area (Å²) in [5.41, 5.74) is 2.31. The third kappa shape index (κ3) is 5.40. The number of nitrogens with one attached hydrogen (secondary N) is 1. The summed E-state index contributed by atoms with van der Waals surface area (Å²) in [7, 11) is 0. The highest BCUT2D eigenvalue weighted by Gasteiger charge is 2.05. The van der Waals surface area contributed by atoms with Crippen LogP contribution in [0.25, 0.3) is 0 Å². The molecule has 0 heterocycles. The van der Waals surface area contributed by atoms with Gasteiger partial charge in [-0.3, -0.25) is 0 Å². The minimum absolute atomic E-state index is 0.591. The number of halogens is 2. The normalized spacial score (nSPS) is 10.9. The number of rotatable bonds is 6. The van der Waals surface area contributed by atoms with E-state index in [-0.39, 0.29) is 0 Å². The molecule has 4 heteroatoms. The van der Waals surface area contributed by atoms with Gasteiger partial charge in [0.25, 0.3) is 0 Å². The molecule has 0 radical (unpaired) electrons. The summed E-state index contributed by atoms with van der Waals surface area (Å²) in [5.74, 6) is 0.591. The predicted octanol–water partition coefficient (Wildman–Crippen LogP) is 4.60. The first-order valence-electron chi connectivity index (χ1n) is 5.78. The van der Waals surface area contributed by atoms with Crippen molar-refractivity contribution in [3.8, 4) is 0 Å². The second kappa shape index (κ2) is 7.39. The van der Waals surface area contributed by atoms with E-state index in [0.717, 1.165) is 34.4 Å². The maximum atomic E-state index is 5.53. The molecule has 17 heavy (non-hydrogen) atoms. The number of hydrogen-bond acceptors (Lipinski definition) is 2. The number of aryl methyl sites for hydroxylation is 1. The fourth-order valence-corrected chi connectivity index (χ4v) is 3.13. The summed E-state index contributed by atoms with van der Waals surface area (Å²) in [5, 5.41) is 3.36. The topological polar surface area (TPSA) is 21.3 Å². The van der Waals surface area contributed by atoms with Crippen molar-refractivity contribution in [3.63, 3.8) is 0 Å². The first-order chi connectivity index (χ1) is 8.00. The lowest BCUT2D eigenvalue weighted by atomic mass is 10.2. The molecule has 0 unspecified atom stereocenters. The molecule has 0 saturated heterocycles. The van der Waals surface area contributed by atoms with Crippen LogP contribution in [0.2, 0.25) is 0 Å². The Hall–Kier alpha value is -0.0600. The SMILES string of the molecule is Cc1cc(Br)c(NCCOCC(C)C)c(Br)c1. The minimum atomic E-state index is 0.591. The van der Waals surface area contributed by atoms with E-state index in [0.29, 0.717) is 5.92 Å². The molecule has 0 aromatic heterocycles. The van der Waals surface area contributed by atoms with Crippen LogP contribution in [-0.4, -0.2) is 19.8 Å². The van der Waals surface area contributed by atoms with Crippen LogP contribution in [0.4, 0.5) is 5.69 Å². The molecule has 0 bridgehead atoms. The smallest absolute Gasteiger partial charge is 0.0639 e. The van der Waals surface area contributed by atoms with Crippen molar-refractivity contribution >= 4 is 37.5 Å². The van der Waals surface area contributed by atoms with Crippen LogP contribution in [0.5, 0.6) is 0 Å². The second-order valence-corrected chi connectivity index (χ2v) is 6.21. The number of benzene rings is 1. The van der Waals surface area contributed by atoms with Gasteiger partial charge in [-0.15, -0.1) is 0 Å². The van der Waals surface area contributed by atoms with Crippen molar-refractivity contribution in [2.24, 2.45) is 5.92 Å². The quantitative estimate of drug-likeness (QED) is 0.744. The Morgan fingerprint density at radius 3 is 2.35 bits per heavy atom. The molecule has 0 spiro atoms. The zero-order chi connectivity index (χ0) is 12.8. The Labute approximate surface area is 120 Å². The molecule has 0 aliphatic carbocycles. The Balaban J connectivity index is 2.42. The van der Waals surface area contributed by atoms with Crippen LogP contribution in [0.1, 0.15) is 19.4 Å². The van der Waals surface area contributed by atoms with E-state index in [1.807, 2.05) is 0 Å². The standard InChI is InChI=1S/C13H19Br2NO/c1-9(2)8-17-5-4-16-13-11(14)6-10(3)7-12(13)15/h6-7,9,16H,4-5,8H2,1-3H3. The first kappa shape index (κ1) is 15.0. The number of ether oxygens (including phenoxy) is 1. The van der Waals surface area contributed by atoms with Crippen molar-refractivity contribution < 1.29 is 4.74 Å². The molecule has 1 aromatic carbocycles. The second-order valence-electron chi connectivity index (χ2n) is 4.50. The summed E-state index contributed by atoms with van der Waals surface area (Å²) < 4.78 is 7.68. The lowest BCUT2D eigenvalue weighted by molar-refractivity contribution is 0.118. The highest BCUT2D eigenvalue weighted by Crippen LogP contribution is 2.31. The van der Waals surface area contributed by atoms with Crippen molar-refractivity contribution in [2.75, 3.05) is 25.1 Å². The molecule has 0 amide bonds. The minimum Gasteiger partial charge on any atom is -0.381 e. The fourth-order valence-electron chi connectivity index (χ4n) is 1.44. The molecule has 96 valence electrons. The molecule has 1 N–H and O–H groups in total. The van der Waals surface area contributed by atoms with Gasteiger partial charge < -0.3 is 10.1 Å². The van der Waals surface area contributed by atoms with Crippen LogP contribution in [0.3, 0.4) is 0 Å². The first-order valence-corrected chi connectivity index (χ1v) is 7.36. The van der Waals surface area contributed by atoms with Crippen LogP contribution in [0.15, 0.2) is 21.1 Å². The Morgan fingerprint density at radius 1 is 1.24 bits per heavy atom. The summed E-state index contributed by atoms with van der Waals surface area (Å²) in [6.07, 6.45) is 0. The van der Waals surface area contributed by atoms with Gasteiger partial charge in [0.1, 0.15) is 0 Å². The predicted molar refractivity (Wildman–Crippen MR) is 80.7 cm³/mol. The molecule has 1 rings (SSSR count). The van der Waals surface area contributed by atoms with Crippen LogP contribution >= 0.6 is 31.9 Å². The lowest BCUT2D eigenvalue weighted by Crippen LogP contribution is -2.12. The molecular formula is C13H19Br2NO. The van der Waals surface area contributed by atoms with E-state index in [9.17, 15) is 0 Å². The van der Waals surface area contributed by atoms with Crippen molar-refractivity contribution in [1.29, 1.82) is 0 Å². The molecule has 0 saturated carbocycles. The summed E-state index contributed by atoms with van der Waals surface area (Å²) in [4.78, 5) is 0. The number of hydrogen-bond donors (Lipinski definition) is 1. The van der Waals surface area contributed by atoms with Gasteiger partial charge in [-0.05, 0) is 62.4 Å². The third-order valence-corrected chi connectivity index (χ3v) is 3.44. The molecule has 0 fully saturated rings. The van der Waals surface area contributed by atoms with Gasteiger partial charge in [0.15, 0.2) is 0 Å². The van der Waals surface area contributed by atoms with Crippen LogP contribution in [-0.2, 0) is 4.74 Å². The van der Waals surface area contributed by atoms with E-state index < -0.39 is 0 Å². The fraction of sp³-hybridized carbons (Fsp3) is 0.538. The zero-order valence-electron chi connectivity index (χ0n) is 10.5. The highest BCUT2D eigenvalue weighted by atomic mass is 79.9. The van der Waals surface area contributed by atoms with Crippen molar-refractivity contribution in [1.82, 2.24) is 0 Å². The van der Waals surface area contributed by atoms with E-state index in [1.165, 1.54) is 5.56 Å². The maximum Gasteiger partial charge on any atom is 0.0639 e. The molecule has 1 aromatic rings. The number of anilines is 1. The van der Waals surface area contributed by atoms with E-state index in [4.69, 9.17) is 4.74 Å². The summed E-state index contributed by atoms with van der Waals surface area (Å²) in [6.45, 7) is 8.74. The monoisotopic (exact) mass is 363 g/mol. The highest BCUT2D eigenvalue weighted by molar-refractivity contribution is 9.11. The van der Waals surface area contributed by atoms with Gasteiger partial charge in [0.2, 0.25) is 0 Å². The molecule has 2 nitrogen and oxygen atoms in total. The van der Waals surface area contributed by atoms with Crippen LogP contribution < -0.4 is 5.32 Å². The third-order valence-electron chi connectivity index (χ3n) is 2.19. The summed E-state index contributed by atoms with van der Waals surface area (Å²) in [6, 6.07) is 4.20. The van der Waals surface area contributed by atoms with Gasteiger partial charge in [-0.25, -0.2) is 0 Å². The van der Waals surface area contributed by atoms with E-state index in [1.54, 1.807) is 0 Å². The van der Waals surface area contributed by atoms with Gasteiger partial charge in [-0.2, -0.15) is 0 Å². The molecule has 0 aliphatic heterocycles.